The Kier molecular flexibility index (Phi) is 14.2. The molecule has 0 saturated carbocycles. The molecule has 5 rings (SSSR count). The highest BCUT2D eigenvalue weighted by Crippen LogP contribution is 2.36. The van der Waals surface area contributed by atoms with Crippen molar-refractivity contribution in [2.45, 2.75) is 71.9 Å². The van der Waals surface area contributed by atoms with Crippen LogP contribution in [0.25, 0.3) is 5.57 Å². The van der Waals surface area contributed by atoms with E-state index in [0.717, 1.165) is 11.8 Å². The molecule has 1 aromatic heterocycles. The van der Waals surface area contributed by atoms with Gasteiger partial charge < -0.3 is 15.2 Å². The number of esters is 1. The van der Waals surface area contributed by atoms with Crippen molar-refractivity contribution < 1.29 is 45.8 Å². The molecule has 2 aliphatic rings. The number of benzene rings is 2. The summed E-state index contributed by atoms with van der Waals surface area (Å²) in [4.78, 5) is 38.7. The van der Waals surface area contributed by atoms with E-state index in [1.807, 2.05) is 13.0 Å². The van der Waals surface area contributed by atoms with Crippen LogP contribution >= 0.6 is 27.5 Å². The predicted molar refractivity (Wildman–Crippen MR) is 196 cm³/mol. The van der Waals surface area contributed by atoms with E-state index in [0.29, 0.717) is 41.2 Å². The van der Waals surface area contributed by atoms with Crippen molar-refractivity contribution in [3.8, 4) is 0 Å². The third-order valence-corrected chi connectivity index (χ3v) is 9.59. The number of hydrogen-bond acceptors (Lipinski definition) is 6. The maximum atomic E-state index is 15.6. The molecule has 1 aliphatic carbocycles. The Labute approximate surface area is 321 Å². The van der Waals surface area contributed by atoms with Crippen LogP contribution in [0.4, 0.5) is 26.3 Å². The number of likely N-dealkylation sites (tertiary alicyclic amines) is 1. The van der Waals surface area contributed by atoms with Gasteiger partial charge in [-0.15, -0.1) is 0 Å². The van der Waals surface area contributed by atoms with Gasteiger partial charge >= 0.3 is 12.1 Å². The van der Waals surface area contributed by atoms with Gasteiger partial charge in [0.15, 0.2) is 0 Å². The van der Waals surface area contributed by atoms with Crippen LogP contribution in [0.3, 0.4) is 0 Å². The fourth-order valence-electron chi connectivity index (χ4n) is 6.29. The first-order valence-electron chi connectivity index (χ1n) is 16.9. The van der Waals surface area contributed by atoms with Crippen LogP contribution in [0.5, 0.6) is 0 Å². The molecule has 1 amide bonds. The van der Waals surface area contributed by atoms with Crippen molar-refractivity contribution in [1.29, 1.82) is 0 Å². The van der Waals surface area contributed by atoms with E-state index >= 15 is 8.78 Å². The highest BCUT2D eigenvalue weighted by molar-refractivity contribution is 9.10. The van der Waals surface area contributed by atoms with E-state index in [2.05, 4.69) is 26.0 Å². The molecule has 8 nitrogen and oxygen atoms in total. The summed E-state index contributed by atoms with van der Waals surface area (Å²) in [6.45, 7) is 6.69. The average Bonchev–Trinajstić information content (AvgIpc) is 3.06. The molecule has 0 bridgehead atoms. The number of aliphatic hydroxyl groups excluding tert-OH is 1. The molecule has 2 N–H and O–H groups in total. The Morgan fingerprint density at radius 1 is 1.09 bits per heavy atom. The topological polar surface area (TPSA) is 101 Å². The van der Waals surface area contributed by atoms with Gasteiger partial charge in [0.25, 0.3) is 5.56 Å². The lowest BCUT2D eigenvalue weighted by Gasteiger charge is -2.34. The lowest BCUT2D eigenvalue weighted by atomic mass is 9.89. The monoisotopic (exact) mass is 845 g/mol. The molecule has 1 unspecified atom stereocenters. The smallest absolute Gasteiger partial charge is 0.416 e. The summed E-state index contributed by atoms with van der Waals surface area (Å²) in [6, 6.07) is 3.88. The highest BCUT2D eigenvalue weighted by Gasteiger charge is 2.37. The van der Waals surface area contributed by atoms with Gasteiger partial charge in [0.2, 0.25) is 5.91 Å². The van der Waals surface area contributed by atoms with Crippen LogP contribution < -0.4 is 10.9 Å². The zero-order valence-corrected chi connectivity index (χ0v) is 32.2. The van der Waals surface area contributed by atoms with Gasteiger partial charge in [-0.25, -0.2) is 13.2 Å². The zero-order chi connectivity index (χ0) is 40.1. The fraction of sp³-hybridized carbons (Fsp3) is 0.395. The molecule has 292 valence electrons. The van der Waals surface area contributed by atoms with Gasteiger partial charge in [0.05, 0.1) is 17.2 Å². The summed E-state index contributed by atoms with van der Waals surface area (Å²) in [5.74, 6) is -2.85. The predicted octanol–water partition coefficient (Wildman–Crippen LogP) is 8.55. The molecule has 0 spiro atoms. The second kappa shape index (κ2) is 18.0. The zero-order valence-electron chi connectivity index (χ0n) is 29.9. The van der Waals surface area contributed by atoms with Crippen LogP contribution in [0.2, 0.25) is 5.02 Å². The molecule has 1 aliphatic heterocycles. The lowest BCUT2D eigenvalue weighted by molar-refractivity contribution is -0.140. The van der Waals surface area contributed by atoms with Crippen LogP contribution in [-0.2, 0) is 33.5 Å². The Bertz CT molecular complexity index is 2030. The normalized spacial score (nSPS) is 15.5. The number of rotatable bonds is 10. The molecule has 1 atom stereocenters. The number of hydrogen-bond donors (Lipinski definition) is 2. The molecule has 0 radical (unpaired) electrons. The van der Waals surface area contributed by atoms with E-state index in [1.165, 1.54) is 32.0 Å². The second-order valence-corrected chi connectivity index (χ2v) is 14.2. The van der Waals surface area contributed by atoms with Gasteiger partial charge in [-0.2, -0.15) is 13.2 Å². The summed E-state index contributed by atoms with van der Waals surface area (Å²) in [5.41, 5.74) is -1.19. The minimum absolute atomic E-state index is 0.0182. The van der Waals surface area contributed by atoms with Crippen molar-refractivity contribution in [3.63, 3.8) is 0 Å². The van der Waals surface area contributed by atoms with Gasteiger partial charge in [0, 0.05) is 73.0 Å². The number of pyridine rings is 1. The van der Waals surface area contributed by atoms with E-state index < -0.39 is 64.2 Å². The van der Waals surface area contributed by atoms with Crippen molar-refractivity contribution in [3.05, 3.63) is 119 Å². The highest BCUT2D eigenvalue weighted by atomic mass is 79.9. The number of aromatic nitrogens is 1. The first-order chi connectivity index (χ1) is 25.3. The van der Waals surface area contributed by atoms with Gasteiger partial charge in [-0.1, -0.05) is 33.6 Å². The SMILES string of the molecule is CC1=CCCC(O)=C1c1cc(C)c(F)c(CNC(=O)C(c2cc(Br)cc(Cl)c2F)n2cc(CCN3CC(F)C3)c(C(F)(F)F)cc2=O)c1.CCOC(C)=O. The third-order valence-electron chi connectivity index (χ3n) is 8.85. The minimum Gasteiger partial charge on any atom is -0.512 e. The van der Waals surface area contributed by atoms with E-state index in [1.54, 1.807) is 17.9 Å². The van der Waals surface area contributed by atoms with Crippen LogP contribution in [0.1, 0.15) is 73.0 Å². The number of nitrogens with zero attached hydrogens (tertiary/aromatic N) is 2. The van der Waals surface area contributed by atoms with Crippen molar-refractivity contribution in [2.24, 2.45) is 0 Å². The molecular formula is C38H39BrClF6N3O5. The molecular weight excluding hydrogens is 808 g/mol. The molecule has 2 aromatic carbocycles. The largest absolute Gasteiger partial charge is 0.512 e. The van der Waals surface area contributed by atoms with Gasteiger partial charge in [-0.3, -0.25) is 23.9 Å². The Hall–Kier alpha value is -4.08. The number of nitrogens with one attached hydrogen (secondary N) is 1. The minimum atomic E-state index is -4.93. The van der Waals surface area contributed by atoms with Crippen molar-refractivity contribution in [1.82, 2.24) is 14.8 Å². The first kappa shape index (κ1) is 42.7. The van der Waals surface area contributed by atoms with E-state index in [9.17, 15) is 37.1 Å². The number of ether oxygens (including phenoxy) is 1. The van der Waals surface area contributed by atoms with Crippen LogP contribution in [-0.4, -0.2) is 58.9 Å². The molecule has 3 aromatic rings. The number of aliphatic hydroxyl groups is 1. The number of amides is 1. The van der Waals surface area contributed by atoms with Crippen molar-refractivity contribution in [2.75, 3.05) is 26.2 Å². The number of aryl methyl sites for hydroxylation is 1. The maximum Gasteiger partial charge on any atom is 0.416 e. The van der Waals surface area contributed by atoms with E-state index in [-0.39, 0.29) is 58.9 Å². The number of carbonyl (C=O) groups excluding carboxylic acids is 2. The Morgan fingerprint density at radius 2 is 1.78 bits per heavy atom. The summed E-state index contributed by atoms with van der Waals surface area (Å²) in [5, 5.41) is 12.7. The van der Waals surface area contributed by atoms with Crippen molar-refractivity contribution >= 4 is 45.0 Å². The number of allylic oxidation sites excluding steroid dienone is 4. The summed E-state index contributed by atoms with van der Waals surface area (Å²) in [7, 11) is 0. The van der Waals surface area contributed by atoms with E-state index in [4.69, 9.17) is 11.6 Å². The maximum absolute atomic E-state index is 15.6. The molecule has 16 heteroatoms. The second-order valence-electron chi connectivity index (χ2n) is 12.9. The fourth-order valence-corrected chi connectivity index (χ4v) is 7.12. The molecule has 1 saturated heterocycles. The average molecular weight is 847 g/mol. The van der Waals surface area contributed by atoms with Crippen LogP contribution in [0, 0.1) is 18.6 Å². The molecule has 1 fully saturated rings. The lowest BCUT2D eigenvalue weighted by Crippen LogP contribution is -2.49. The van der Waals surface area contributed by atoms with Gasteiger partial charge in [0.1, 0.15) is 29.6 Å². The van der Waals surface area contributed by atoms with Crippen LogP contribution in [0.15, 0.2) is 63.2 Å². The summed E-state index contributed by atoms with van der Waals surface area (Å²) in [6.07, 6.45) is -2.42. The summed E-state index contributed by atoms with van der Waals surface area (Å²) < 4.78 is 91.8. The molecule has 54 heavy (non-hydrogen) atoms. The summed E-state index contributed by atoms with van der Waals surface area (Å²) >= 11 is 9.25. The number of carbonyl (C=O) groups is 2. The number of halogens is 8. The van der Waals surface area contributed by atoms with Gasteiger partial charge in [-0.05, 0) is 80.1 Å². The third kappa shape index (κ3) is 10.4. The number of alkyl halides is 4. The first-order valence-corrected chi connectivity index (χ1v) is 18.1. The standard InChI is InChI=1S/C34H31BrClF6N3O3.C4H8O2/c1-17-4-3-5-27(46)29(17)20-8-18(2)30(38)21(9-20)13-43-33(48)32(24-10-22(35)11-26(36)31(24)39)45-14-19(6-7-44-15-23(37)16-44)25(12-28(45)47)34(40,41)42;1-3-6-4(2)5/h4,8-12,14,23,32,46H,3,5-7,13,15-16H2,1-2H3,(H,43,48);3H2,1-2H3. The Morgan fingerprint density at radius 3 is 2.35 bits per heavy atom. The quantitative estimate of drug-likeness (QED) is 0.121. The molecule has 2 heterocycles. The Balaban J connectivity index is 0.000001000.